The highest BCUT2D eigenvalue weighted by molar-refractivity contribution is 9.09. The first-order valence-electron chi connectivity index (χ1n) is 7.02. The van der Waals surface area contributed by atoms with Crippen molar-refractivity contribution >= 4 is 27.3 Å². The maximum absolute atomic E-state index is 4.80. The molecule has 0 saturated heterocycles. The van der Waals surface area contributed by atoms with Gasteiger partial charge in [0.15, 0.2) is 0 Å². The molecular weight excluding hydrogens is 330 g/mol. The molecule has 2 aromatic rings. The summed E-state index contributed by atoms with van der Waals surface area (Å²) in [6, 6.07) is 10.6. The maximum atomic E-state index is 4.80. The van der Waals surface area contributed by atoms with Gasteiger partial charge in [-0.15, -0.1) is 11.3 Å². The van der Waals surface area contributed by atoms with Crippen molar-refractivity contribution in [1.82, 2.24) is 4.98 Å². The summed E-state index contributed by atoms with van der Waals surface area (Å²) in [6.45, 7) is 8.93. The lowest BCUT2D eigenvalue weighted by Crippen LogP contribution is -2.12. The number of benzene rings is 1. The van der Waals surface area contributed by atoms with Crippen LogP contribution in [0.3, 0.4) is 0 Å². The third-order valence-electron chi connectivity index (χ3n) is 3.43. The number of halogens is 1. The molecule has 2 unspecified atom stereocenters. The molecule has 0 saturated carbocycles. The number of aromatic nitrogens is 1. The van der Waals surface area contributed by atoms with Gasteiger partial charge in [-0.2, -0.15) is 0 Å². The predicted octanol–water partition coefficient (Wildman–Crippen LogP) is 5.76. The average molecular weight is 352 g/mol. The van der Waals surface area contributed by atoms with Crippen molar-refractivity contribution < 1.29 is 0 Å². The molecule has 2 rings (SSSR count). The highest BCUT2D eigenvalue weighted by Gasteiger charge is 2.21. The van der Waals surface area contributed by atoms with E-state index < -0.39 is 0 Å². The Hall–Kier alpha value is -0.670. The summed E-state index contributed by atoms with van der Waals surface area (Å²) < 4.78 is 0. The fourth-order valence-corrected chi connectivity index (χ4v) is 3.75. The second-order valence-corrected chi connectivity index (χ2v) is 8.30. The first-order valence-corrected chi connectivity index (χ1v) is 8.81. The molecule has 0 bridgehead atoms. The molecule has 0 radical (unpaired) electrons. The Morgan fingerprint density at radius 2 is 1.85 bits per heavy atom. The van der Waals surface area contributed by atoms with Gasteiger partial charge in [0.2, 0.25) is 0 Å². The van der Waals surface area contributed by atoms with Crippen molar-refractivity contribution in [1.29, 1.82) is 0 Å². The molecule has 0 aliphatic rings. The van der Waals surface area contributed by atoms with Crippen LogP contribution in [0.1, 0.15) is 48.8 Å². The van der Waals surface area contributed by atoms with Crippen LogP contribution in [0, 0.1) is 5.92 Å². The van der Waals surface area contributed by atoms with Crippen LogP contribution in [0.15, 0.2) is 35.7 Å². The zero-order chi connectivity index (χ0) is 14.8. The lowest BCUT2D eigenvalue weighted by molar-refractivity contribution is 0.551. The van der Waals surface area contributed by atoms with Crippen molar-refractivity contribution in [3.63, 3.8) is 0 Å². The number of hydrogen-bond acceptors (Lipinski definition) is 2. The van der Waals surface area contributed by atoms with Crippen LogP contribution in [-0.4, -0.2) is 4.98 Å². The van der Waals surface area contributed by atoms with Gasteiger partial charge in [0, 0.05) is 22.0 Å². The normalized spacial score (nSPS) is 15.1. The molecular formula is C17H22BrNS. The van der Waals surface area contributed by atoms with Crippen LogP contribution in [0.5, 0.6) is 0 Å². The van der Waals surface area contributed by atoms with E-state index in [-0.39, 0.29) is 5.41 Å². The van der Waals surface area contributed by atoms with Crippen molar-refractivity contribution in [3.05, 3.63) is 52.0 Å². The molecule has 2 atom stereocenters. The van der Waals surface area contributed by atoms with E-state index in [2.05, 4.69) is 79.3 Å². The predicted molar refractivity (Wildman–Crippen MR) is 91.8 cm³/mol. The minimum atomic E-state index is 0.144. The van der Waals surface area contributed by atoms with Crippen LogP contribution in [-0.2, 0) is 11.8 Å². The summed E-state index contributed by atoms with van der Waals surface area (Å²) >= 11 is 5.62. The van der Waals surface area contributed by atoms with E-state index >= 15 is 0 Å². The topological polar surface area (TPSA) is 12.9 Å². The molecule has 0 aliphatic carbocycles. The lowest BCUT2D eigenvalue weighted by atomic mass is 9.93. The molecule has 0 spiro atoms. The van der Waals surface area contributed by atoms with Gasteiger partial charge in [0.25, 0.3) is 0 Å². The SMILES string of the molecule is CC(Cc1nc(C(C)(C)C)cs1)C(Br)c1ccccc1. The summed E-state index contributed by atoms with van der Waals surface area (Å²) in [5.41, 5.74) is 2.69. The number of rotatable bonds is 4. The van der Waals surface area contributed by atoms with Gasteiger partial charge in [-0.3, -0.25) is 0 Å². The summed E-state index contributed by atoms with van der Waals surface area (Å²) in [7, 11) is 0. The Labute approximate surface area is 134 Å². The summed E-state index contributed by atoms with van der Waals surface area (Å²) in [6.07, 6.45) is 1.02. The van der Waals surface area contributed by atoms with Gasteiger partial charge in [0.05, 0.1) is 10.7 Å². The van der Waals surface area contributed by atoms with E-state index in [4.69, 9.17) is 4.98 Å². The van der Waals surface area contributed by atoms with Crippen LogP contribution >= 0.6 is 27.3 Å². The zero-order valence-electron chi connectivity index (χ0n) is 12.6. The smallest absolute Gasteiger partial charge is 0.0931 e. The van der Waals surface area contributed by atoms with E-state index in [0.717, 1.165) is 6.42 Å². The van der Waals surface area contributed by atoms with Gasteiger partial charge in [0.1, 0.15) is 0 Å². The standard InChI is InChI=1S/C17H22BrNS/c1-12(16(18)13-8-6-5-7-9-13)10-15-19-14(11-20-15)17(2,3)4/h5-9,11-12,16H,10H2,1-4H3. The zero-order valence-corrected chi connectivity index (χ0v) is 15.0. The fraction of sp³-hybridized carbons (Fsp3) is 0.471. The molecule has 20 heavy (non-hydrogen) atoms. The second kappa shape index (κ2) is 6.40. The third kappa shape index (κ3) is 3.92. The Morgan fingerprint density at radius 1 is 1.20 bits per heavy atom. The Balaban J connectivity index is 2.04. The number of thiazole rings is 1. The minimum Gasteiger partial charge on any atom is -0.246 e. The first kappa shape index (κ1) is 15.7. The van der Waals surface area contributed by atoms with E-state index in [0.29, 0.717) is 10.7 Å². The van der Waals surface area contributed by atoms with Crippen LogP contribution in [0.4, 0.5) is 0 Å². The quantitative estimate of drug-likeness (QED) is 0.638. The minimum absolute atomic E-state index is 0.144. The highest BCUT2D eigenvalue weighted by Crippen LogP contribution is 2.34. The van der Waals surface area contributed by atoms with E-state index in [1.165, 1.54) is 16.3 Å². The van der Waals surface area contributed by atoms with E-state index in [1.807, 2.05) is 0 Å². The molecule has 1 nitrogen and oxygen atoms in total. The summed E-state index contributed by atoms with van der Waals surface area (Å²) in [5, 5.41) is 3.44. The summed E-state index contributed by atoms with van der Waals surface area (Å²) in [5.74, 6) is 0.524. The molecule has 3 heteroatoms. The fourth-order valence-electron chi connectivity index (χ4n) is 2.09. The lowest BCUT2D eigenvalue weighted by Gasteiger charge is -2.18. The number of nitrogens with zero attached hydrogens (tertiary/aromatic N) is 1. The van der Waals surface area contributed by atoms with Crippen molar-refractivity contribution in [2.24, 2.45) is 5.92 Å². The molecule has 1 aromatic carbocycles. The Kier molecular flexibility index (Phi) is 5.03. The van der Waals surface area contributed by atoms with Crippen molar-refractivity contribution in [2.45, 2.75) is 44.4 Å². The van der Waals surface area contributed by atoms with Crippen LogP contribution in [0.2, 0.25) is 0 Å². The van der Waals surface area contributed by atoms with Crippen LogP contribution < -0.4 is 0 Å². The number of alkyl halides is 1. The molecule has 1 aromatic heterocycles. The van der Waals surface area contributed by atoms with Crippen molar-refractivity contribution in [3.8, 4) is 0 Å². The third-order valence-corrected chi connectivity index (χ3v) is 5.74. The maximum Gasteiger partial charge on any atom is 0.0931 e. The number of hydrogen-bond donors (Lipinski definition) is 0. The molecule has 0 N–H and O–H groups in total. The van der Waals surface area contributed by atoms with Crippen LogP contribution in [0.25, 0.3) is 0 Å². The first-order chi connectivity index (χ1) is 9.38. The largest absolute Gasteiger partial charge is 0.246 e. The molecule has 1 heterocycles. The van der Waals surface area contributed by atoms with Crippen molar-refractivity contribution in [2.75, 3.05) is 0 Å². The highest BCUT2D eigenvalue weighted by atomic mass is 79.9. The second-order valence-electron chi connectivity index (χ2n) is 6.37. The van der Waals surface area contributed by atoms with E-state index in [9.17, 15) is 0 Å². The average Bonchev–Trinajstić information content (AvgIpc) is 2.87. The van der Waals surface area contributed by atoms with Gasteiger partial charge >= 0.3 is 0 Å². The van der Waals surface area contributed by atoms with Gasteiger partial charge in [-0.05, 0) is 11.5 Å². The van der Waals surface area contributed by atoms with Gasteiger partial charge in [-0.25, -0.2) is 4.98 Å². The molecule has 108 valence electrons. The summed E-state index contributed by atoms with van der Waals surface area (Å²) in [4.78, 5) is 5.18. The molecule has 0 fully saturated rings. The Morgan fingerprint density at radius 3 is 2.40 bits per heavy atom. The monoisotopic (exact) mass is 351 g/mol. The molecule has 0 amide bonds. The molecule has 0 aliphatic heterocycles. The van der Waals surface area contributed by atoms with Gasteiger partial charge < -0.3 is 0 Å². The van der Waals surface area contributed by atoms with Gasteiger partial charge in [-0.1, -0.05) is 74.0 Å². The Bertz CT molecular complexity index is 542. The van der Waals surface area contributed by atoms with E-state index in [1.54, 1.807) is 11.3 Å².